The normalized spacial score (nSPS) is 9.65. The molecule has 20 heavy (non-hydrogen) atoms. The monoisotopic (exact) mass is 268 g/mol. The van der Waals surface area contributed by atoms with Crippen molar-refractivity contribution in [1.29, 1.82) is 5.26 Å². The topological polar surface area (TPSA) is 54.3 Å². The molecule has 0 aliphatic heterocycles. The fourth-order valence-electron chi connectivity index (χ4n) is 1.87. The summed E-state index contributed by atoms with van der Waals surface area (Å²) in [6.45, 7) is 0.627. The summed E-state index contributed by atoms with van der Waals surface area (Å²) < 4.78 is 10.5. The summed E-state index contributed by atoms with van der Waals surface area (Å²) in [5.41, 5.74) is 2.59. The van der Waals surface area contributed by atoms with Crippen LogP contribution < -0.4 is 14.8 Å². The highest BCUT2D eigenvalue weighted by molar-refractivity contribution is 5.50. The van der Waals surface area contributed by atoms with Gasteiger partial charge in [-0.05, 0) is 35.9 Å². The van der Waals surface area contributed by atoms with Crippen LogP contribution in [0.1, 0.15) is 11.1 Å². The number of hydrogen-bond acceptors (Lipinski definition) is 4. The van der Waals surface area contributed by atoms with Crippen molar-refractivity contribution >= 4 is 5.69 Å². The number of hydrogen-bond donors (Lipinski definition) is 1. The van der Waals surface area contributed by atoms with Gasteiger partial charge >= 0.3 is 0 Å². The van der Waals surface area contributed by atoms with Crippen molar-refractivity contribution in [2.45, 2.75) is 6.54 Å². The molecular formula is C16H16N2O2. The van der Waals surface area contributed by atoms with Gasteiger partial charge in [0, 0.05) is 18.3 Å². The SMILES string of the molecule is COc1cc(CNc2cccc(C#N)c2)cc(OC)c1. The van der Waals surface area contributed by atoms with Gasteiger partial charge in [-0.25, -0.2) is 0 Å². The van der Waals surface area contributed by atoms with Crippen molar-refractivity contribution in [1.82, 2.24) is 0 Å². The zero-order valence-electron chi connectivity index (χ0n) is 11.5. The van der Waals surface area contributed by atoms with E-state index >= 15 is 0 Å². The molecule has 2 rings (SSSR count). The van der Waals surface area contributed by atoms with E-state index < -0.39 is 0 Å². The maximum Gasteiger partial charge on any atom is 0.122 e. The molecular weight excluding hydrogens is 252 g/mol. The predicted molar refractivity (Wildman–Crippen MR) is 78.0 cm³/mol. The van der Waals surface area contributed by atoms with Crippen molar-refractivity contribution in [3.05, 3.63) is 53.6 Å². The van der Waals surface area contributed by atoms with E-state index in [4.69, 9.17) is 14.7 Å². The zero-order valence-corrected chi connectivity index (χ0v) is 11.5. The molecule has 0 saturated carbocycles. The van der Waals surface area contributed by atoms with E-state index in [9.17, 15) is 0 Å². The lowest BCUT2D eigenvalue weighted by atomic mass is 10.1. The highest BCUT2D eigenvalue weighted by atomic mass is 16.5. The molecule has 0 fully saturated rings. The predicted octanol–water partition coefficient (Wildman–Crippen LogP) is 3.19. The summed E-state index contributed by atoms with van der Waals surface area (Å²) in [6, 6.07) is 15.2. The standard InChI is InChI=1S/C16H16N2O2/c1-19-15-7-13(8-16(9-15)20-2)11-18-14-5-3-4-12(6-14)10-17/h3-9,18H,11H2,1-2H3. The number of nitrogens with zero attached hydrogens (tertiary/aromatic N) is 1. The van der Waals surface area contributed by atoms with Gasteiger partial charge in [0.25, 0.3) is 0 Å². The first-order chi connectivity index (χ1) is 9.75. The summed E-state index contributed by atoms with van der Waals surface area (Å²) in [5, 5.41) is 12.1. The maximum absolute atomic E-state index is 8.87. The zero-order chi connectivity index (χ0) is 14.4. The molecule has 4 nitrogen and oxygen atoms in total. The number of methoxy groups -OCH3 is 2. The lowest BCUT2D eigenvalue weighted by Crippen LogP contribution is -2.00. The average Bonchev–Trinajstić information content (AvgIpc) is 2.52. The van der Waals surface area contributed by atoms with Crippen molar-refractivity contribution < 1.29 is 9.47 Å². The third-order valence-electron chi connectivity index (χ3n) is 2.90. The maximum atomic E-state index is 8.87. The second-order valence-corrected chi connectivity index (χ2v) is 4.27. The largest absolute Gasteiger partial charge is 0.497 e. The van der Waals surface area contributed by atoms with Crippen LogP contribution in [0.2, 0.25) is 0 Å². The van der Waals surface area contributed by atoms with Crippen LogP contribution in [0.3, 0.4) is 0 Å². The molecule has 0 amide bonds. The van der Waals surface area contributed by atoms with Crippen molar-refractivity contribution in [2.24, 2.45) is 0 Å². The fraction of sp³-hybridized carbons (Fsp3) is 0.188. The van der Waals surface area contributed by atoms with Crippen LogP contribution >= 0.6 is 0 Å². The molecule has 0 saturated heterocycles. The Morgan fingerprint density at radius 2 is 1.75 bits per heavy atom. The van der Waals surface area contributed by atoms with E-state index in [1.807, 2.05) is 36.4 Å². The third-order valence-corrected chi connectivity index (χ3v) is 2.90. The molecule has 0 radical (unpaired) electrons. The van der Waals surface area contributed by atoms with E-state index in [2.05, 4.69) is 11.4 Å². The Kier molecular flexibility index (Phi) is 4.46. The van der Waals surface area contributed by atoms with E-state index in [1.54, 1.807) is 20.3 Å². The van der Waals surface area contributed by atoms with Crippen LogP contribution in [0.5, 0.6) is 11.5 Å². The first-order valence-corrected chi connectivity index (χ1v) is 6.21. The molecule has 2 aromatic rings. The molecule has 0 atom stereocenters. The average molecular weight is 268 g/mol. The number of rotatable bonds is 5. The molecule has 0 heterocycles. The number of ether oxygens (including phenoxy) is 2. The Morgan fingerprint density at radius 3 is 2.35 bits per heavy atom. The molecule has 0 aliphatic carbocycles. The van der Waals surface area contributed by atoms with Crippen LogP contribution in [0.15, 0.2) is 42.5 Å². The number of nitrogens with one attached hydrogen (secondary N) is 1. The van der Waals surface area contributed by atoms with Crippen LogP contribution in [-0.2, 0) is 6.54 Å². The van der Waals surface area contributed by atoms with Crippen LogP contribution in [0.4, 0.5) is 5.69 Å². The fourth-order valence-corrected chi connectivity index (χ4v) is 1.87. The van der Waals surface area contributed by atoms with Gasteiger partial charge in [0.05, 0.1) is 25.9 Å². The van der Waals surface area contributed by atoms with Crippen molar-refractivity contribution in [2.75, 3.05) is 19.5 Å². The Balaban J connectivity index is 2.12. The summed E-state index contributed by atoms with van der Waals surface area (Å²) in [6.07, 6.45) is 0. The van der Waals surface area contributed by atoms with Gasteiger partial charge in [-0.1, -0.05) is 6.07 Å². The Morgan fingerprint density at radius 1 is 1.05 bits per heavy atom. The van der Waals surface area contributed by atoms with Crippen LogP contribution in [0, 0.1) is 11.3 Å². The van der Waals surface area contributed by atoms with E-state index in [1.165, 1.54) is 0 Å². The minimum atomic E-state index is 0.627. The van der Waals surface area contributed by atoms with Gasteiger partial charge in [-0.15, -0.1) is 0 Å². The third kappa shape index (κ3) is 3.42. The van der Waals surface area contributed by atoms with E-state index in [0.717, 1.165) is 22.7 Å². The summed E-state index contributed by atoms with van der Waals surface area (Å²) in [7, 11) is 3.25. The van der Waals surface area contributed by atoms with Crippen LogP contribution in [-0.4, -0.2) is 14.2 Å². The molecule has 0 spiro atoms. The van der Waals surface area contributed by atoms with Crippen molar-refractivity contribution in [3.8, 4) is 17.6 Å². The molecule has 0 bridgehead atoms. The summed E-state index contributed by atoms with van der Waals surface area (Å²) in [5.74, 6) is 1.51. The van der Waals surface area contributed by atoms with Gasteiger partial charge < -0.3 is 14.8 Å². The van der Waals surface area contributed by atoms with Gasteiger partial charge in [-0.2, -0.15) is 5.26 Å². The second-order valence-electron chi connectivity index (χ2n) is 4.27. The summed E-state index contributed by atoms with van der Waals surface area (Å²) >= 11 is 0. The van der Waals surface area contributed by atoms with E-state index in [0.29, 0.717) is 12.1 Å². The smallest absolute Gasteiger partial charge is 0.122 e. The highest BCUT2D eigenvalue weighted by Gasteiger charge is 2.02. The first-order valence-electron chi connectivity index (χ1n) is 6.21. The lowest BCUT2D eigenvalue weighted by Gasteiger charge is -2.10. The van der Waals surface area contributed by atoms with Crippen LogP contribution in [0.25, 0.3) is 0 Å². The molecule has 1 N–H and O–H groups in total. The quantitative estimate of drug-likeness (QED) is 0.904. The number of benzene rings is 2. The number of anilines is 1. The highest BCUT2D eigenvalue weighted by Crippen LogP contribution is 2.23. The van der Waals surface area contributed by atoms with Gasteiger partial charge in [-0.3, -0.25) is 0 Å². The molecule has 0 aliphatic rings. The molecule has 0 aromatic heterocycles. The number of nitriles is 1. The van der Waals surface area contributed by atoms with Gasteiger partial charge in [0.1, 0.15) is 11.5 Å². The Bertz CT molecular complexity index is 610. The molecule has 4 heteroatoms. The van der Waals surface area contributed by atoms with Gasteiger partial charge in [0.15, 0.2) is 0 Å². The van der Waals surface area contributed by atoms with Crippen molar-refractivity contribution in [3.63, 3.8) is 0 Å². The minimum absolute atomic E-state index is 0.627. The van der Waals surface area contributed by atoms with Gasteiger partial charge in [0.2, 0.25) is 0 Å². The Hall–Kier alpha value is -2.67. The Labute approximate surface area is 118 Å². The first kappa shape index (κ1) is 13.8. The lowest BCUT2D eigenvalue weighted by molar-refractivity contribution is 0.393. The minimum Gasteiger partial charge on any atom is -0.497 e. The summed E-state index contributed by atoms with van der Waals surface area (Å²) in [4.78, 5) is 0. The molecule has 2 aromatic carbocycles. The molecule has 0 unspecified atom stereocenters. The molecule has 102 valence electrons. The van der Waals surface area contributed by atoms with E-state index in [-0.39, 0.29) is 0 Å². The second kappa shape index (κ2) is 6.48.